The Morgan fingerprint density at radius 2 is 2.00 bits per heavy atom. The highest BCUT2D eigenvalue weighted by Crippen LogP contribution is 2.45. The van der Waals surface area contributed by atoms with Gasteiger partial charge in [0.15, 0.2) is 0 Å². The van der Waals surface area contributed by atoms with Gasteiger partial charge < -0.3 is 10.0 Å². The van der Waals surface area contributed by atoms with Crippen LogP contribution >= 0.6 is 0 Å². The van der Waals surface area contributed by atoms with Gasteiger partial charge in [-0.1, -0.05) is 17.7 Å². The summed E-state index contributed by atoms with van der Waals surface area (Å²) in [5.74, 6) is 0.0604. The predicted octanol–water partition coefficient (Wildman–Crippen LogP) is 2.39. The first-order valence-electron chi connectivity index (χ1n) is 6.27. The highest BCUT2D eigenvalue weighted by molar-refractivity contribution is 6.07. The predicted molar refractivity (Wildman–Crippen MR) is 72.9 cm³/mol. The average Bonchev–Trinajstić information content (AvgIpc) is 2.39. The normalized spacial score (nSPS) is 23.4. The van der Waals surface area contributed by atoms with Crippen molar-refractivity contribution < 1.29 is 9.90 Å². The Labute approximate surface area is 108 Å². The van der Waals surface area contributed by atoms with Gasteiger partial charge in [0.1, 0.15) is 0 Å². The number of amides is 1. The van der Waals surface area contributed by atoms with Gasteiger partial charge in [-0.2, -0.15) is 0 Å². The Morgan fingerprint density at radius 3 is 2.56 bits per heavy atom. The largest absolute Gasteiger partial charge is 0.390 e. The Hall–Kier alpha value is -1.35. The number of rotatable bonds is 2. The number of hydrogen-bond acceptors (Lipinski definition) is 2. The number of nitrogens with zero attached hydrogens (tertiary/aromatic N) is 1. The number of likely N-dealkylation sites (N-methyl/N-ethyl adjacent to an activating group) is 1. The van der Waals surface area contributed by atoms with Crippen LogP contribution in [-0.4, -0.2) is 23.7 Å². The van der Waals surface area contributed by atoms with E-state index in [4.69, 9.17) is 0 Å². The van der Waals surface area contributed by atoms with Crippen LogP contribution in [0.4, 0.5) is 5.69 Å². The van der Waals surface area contributed by atoms with Crippen LogP contribution in [0.25, 0.3) is 0 Å². The van der Waals surface area contributed by atoms with E-state index in [1.165, 1.54) is 0 Å². The highest BCUT2D eigenvalue weighted by Gasteiger charge is 2.48. The first kappa shape index (κ1) is 13.1. The number of hydrogen-bond donors (Lipinski definition) is 1. The fourth-order valence-electron chi connectivity index (χ4n) is 3.02. The van der Waals surface area contributed by atoms with Crippen molar-refractivity contribution >= 4 is 11.6 Å². The summed E-state index contributed by atoms with van der Waals surface area (Å²) in [6.07, 6.45) is 0.430. The molecular formula is C15H21NO2. The smallest absolute Gasteiger partial charge is 0.237 e. The standard InChI is InChI=1S/C15H21NO2/c1-10-6-7-12-11(8-10)15(4,9-14(2,3)18)13(17)16(12)5/h6-8,18H,9H2,1-5H3/t15-/m0/s1. The molecule has 0 saturated heterocycles. The molecule has 1 aromatic carbocycles. The molecule has 1 amide bonds. The first-order chi connectivity index (χ1) is 8.15. The third kappa shape index (κ3) is 1.93. The van der Waals surface area contributed by atoms with Gasteiger partial charge in [0.05, 0.1) is 11.0 Å². The monoisotopic (exact) mass is 247 g/mol. The zero-order valence-electron chi connectivity index (χ0n) is 11.7. The van der Waals surface area contributed by atoms with Crippen molar-refractivity contribution in [2.75, 3.05) is 11.9 Å². The summed E-state index contributed by atoms with van der Waals surface area (Å²) in [4.78, 5) is 14.2. The molecule has 1 aromatic rings. The van der Waals surface area contributed by atoms with Gasteiger partial charge in [0, 0.05) is 12.7 Å². The number of carbonyl (C=O) groups is 1. The lowest BCUT2D eigenvalue weighted by molar-refractivity contribution is -0.124. The van der Waals surface area contributed by atoms with Gasteiger partial charge in [-0.15, -0.1) is 0 Å². The number of benzene rings is 1. The third-order valence-electron chi connectivity index (χ3n) is 3.67. The summed E-state index contributed by atoms with van der Waals surface area (Å²) in [5.41, 5.74) is 1.62. The van der Waals surface area contributed by atoms with E-state index in [9.17, 15) is 9.90 Å². The summed E-state index contributed by atoms with van der Waals surface area (Å²) in [7, 11) is 1.80. The van der Waals surface area contributed by atoms with Crippen LogP contribution in [0.1, 0.15) is 38.3 Å². The molecule has 0 bridgehead atoms. The van der Waals surface area contributed by atoms with E-state index in [0.29, 0.717) is 6.42 Å². The minimum absolute atomic E-state index is 0.0604. The quantitative estimate of drug-likeness (QED) is 0.871. The molecule has 0 aliphatic carbocycles. The topological polar surface area (TPSA) is 40.5 Å². The molecule has 3 heteroatoms. The summed E-state index contributed by atoms with van der Waals surface area (Å²) < 4.78 is 0. The molecule has 1 aliphatic heterocycles. The number of carbonyl (C=O) groups excluding carboxylic acids is 1. The van der Waals surface area contributed by atoms with Crippen molar-refractivity contribution in [2.45, 2.75) is 45.1 Å². The Kier molecular flexibility index (Phi) is 2.78. The van der Waals surface area contributed by atoms with Gasteiger partial charge in [0.25, 0.3) is 0 Å². The first-order valence-corrected chi connectivity index (χ1v) is 6.27. The molecule has 0 radical (unpaired) electrons. The van der Waals surface area contributed by atoms with Crippen molar-refractivity contribution in [3.05, 3.63) is 29.3 Å². The molecule has 98 valence electrons. The lowest BCUT2D eigenvalue weighted by atomic mass is 9.75. The zero-order chi connectivity index (χ0) is 13.7. The van der Waals surface area contributed by atoms with Crippen LogP contribution in [0.15, 0.2) is 18.2 Å². The molecule has 3 nitrogen and oxygen atoms in total. The molecular weight excluding hydrogens is 226 g/mol. The SMILES string of the molecule is Cc1ccc2c(c1)[C@](C)(CC(C)(C)O)C(=O)N2C. The maximum atomic E-state index is 12.5. The van der Waals surface area contributed by atoms with E-state index in [1.807, 2.05) is 26.0 Å². The van der Waals surface area contributed by atoms with Crippen LogP contribution < -0.4 is 4.90 Å². The van der Waals surface area contributed by atoms with E-state index in [-0.39, 0.29) is 5.91 Å². The van der Waals surface area contributed by atoms with Gasteiger partial charge >= 0.3 is 0 Å². The molecule has 18 heavy (non-hydrogen) atoms. The van der Waals surface area contributed by atoms with E-state index in [2.05, 4.69) is 6.07 Å². The molecule has 1 heterocycles. The second-order valence-electron chi connectivity index (χ2n) is 6.21. The zero-order valence-corrected chi connectivity index (χ0v) is 11.7. The van der Waals surface area contributed by atoms with Crippen LogP contribution in [0.5, 0.6) is 0 Å². The highest BCUT2D eigenvalue weighted by atomic mass is 16.3. The van der Waals surface area contributed by atoms with Crippen molar-refractivity contribution in [2.24, 2.45) is 0 Å². The molecule has 1 N–H and O–H groups in total. The van der Waals surface area contributed by atoms with Crippen LogP contribution in [-0.2, 0) is 10.2 Å². The molecule has 0 saturated carbocycles. The molecule has 0 unspecified atom stereocenters. The number of aliphatic hydroxyl groups is 1. The minimum Gasteiger partial charge on any atom is -0.390 e. The Balaban J connectivity index is 2.57. The third-order valence-corrected chi connectivity index (χ3v) is 3.67. The van der Waals surface area contributed by atoms with Crippen molar-refractivity contribution in [1.29, 1.82) is 0 Å². The number of anilines is 1. The Bertz CT molecular complexity index is 502. The van der Waals surface area contributed by atoms with Crippen LogP contribution in [0.2, 0.25) is 0 Å². The number of aryl methyl sites for hydroxylation is 1. The van der Waals surface area contributed by atoms with Crippen LogP contribution in [0.3, 0.4) is 0 Å². The molecule has 0 spiro atoms. The van der Waals surface area contributed by atoms with Crippen LogP contribution in [0, 0.1) is 6.92 Å². The molecule has 1 aliphatic rings. The van der Waals surface area contributed by atoms with Crippen molar-refractivity contribution in [3.8, 4) is 0 Å². The summed E-state index contributed by atoms with van der Waals surface area (Å²) >= 11 is 0. The second-order valence-corrected chi connectivity index (χ2v) is 6.21. The summed E-state index contributed by atoms with van der Waals surface area (Å²) in [6.45, 7) is 7.45. The van der Waals surface area contributed by atoms with E-state index in [0.717, 1.165) is 16.8 Å². The maximum Gasteiger partial charge on any atom is 0.237 e. The Morgan fingerprint density at radius 1 is 1.39 bits per heavy atom. The lowest BCUT2D eigenvalue weighted by Gasteiger charge is -2.30. The lowest BCUT2D eigenvalue weighted by Crippen LogP contribution is -2.41. The second kappa shape index (κ2) is 3.82. The minimum atomic E-state index is -0.864. The summed E-state index contributed by atoms with van der Waals surface area (Å²) in [6, 6.07) is 6.05. The van der Waals surface area contributed by atoms with Gasteiger partial charge in [0.2, 0.25) is 5.91 Å². The van der Waals surface area contributed by atoms with Gasteiger partial charge in [-0.3, -0.25) is 4.79 Å². The van der Waals surface area contributed by atoms with E-state index in [1.54, 1.807) is 25.8 Å². The van der Waals surface area contributed by atoms with Gasteiger partial charge in [-0.25, -0.2) is 0 Å². The van der Waals surface area contributed by atoms with Crippen molar-refractivity contribution in [1.82, 2.24) is 0 Å². The fourth-order valence-corrected chi connectivity index (χ4v) is 3.02. The molecule has 0 fully saturated rings. The number of fused-ring (bicyclic) bond motifs is 1. The fraction of sp³-hybridized carbons (Fsp3) is 0.533. The van der Waals surface area contributed by atoms with Crippen molar-refractivity contribution in [3.63, 3.8) is 0 Å². The van der Waals surface area contributed by atoms with E-state index >= 15 is 0 Å². The maximum absolute atomic E-state index is 12.5. The van der Waals surface area contributed by atoms with E-state index < -0.39 is 11.0 Å². The molecule has 2 rings (SSSR count). The summed E-state index contributed by atoms with van der Waals surface area (Å²) in [5, 5.41) is 10.1. The average molecular weight is 247 g/mol. The van der Waals surface area contributed by atoms with Gasteiger partial charge in [-0.05, 0) is 45.7 Å². The molecule has 0 aromatic heterocycles. The molecule has 1 atom stereocenters.